The van der Waals surface area contributed by atoms with E-state index in [1.807, 2.05) is 6.92 Å². The molecule has 1 saturated carbocycles. The van der Waals surface area contributed by atoms with E-state index in [0.29, 0.717) is 6.54 Å². The van der Waals surface area contributed by atoms with E-state index in [4.69, 9.17) is 10.8 Å². The average Bonchev–Trinajstić information content (AvgIpc) is 3.10. The maximum Gasteiger partial charge on any atom is 0.248 e. The number of hydrogen-bond acceptors (Lipinski definition) is 5. The SMILES string of the molecule is CCCn1cc(S(=O)(=O)N(CCO)C2CC2)c(N)n1. The van der Waals surface area contributed by atoms with E-state index in [1.165, 1.54) is 10.5 Å². The Kier molecular flexibility index (Phi) is 4.12. The Morgan fingerprint density at radius 1 is 1.58 bits per heavy atom. The molecule has 0 amide bonds. The van der Waals surface area contributed by atoms with Gasteiger partial charge in [0, 0.05) is 25.3 Å². The summed E-state index contributed by atoms with van der Waals surface area (Å²) in [6.45, 7) is 2.52. The number of aliphatic hydroxyl groups excluding tert-OH is 1. The molecule has 108 valence electrons. The maximum atomic E-state index is 12.5. The molecular formula is C11H20N4O3S. The van der Waals surface area contributed by atoms with E-state index < -0.39 is 10.0 Å². The predicted molar refractivity (Wildman–Crippen MR) is 70.9 cm³/mol. The van der Waals surface area contributed by atoms with Crippen molar-refractivity contribution >= 4 is 15.8 Å². The highest BCUT2D eigenvalue weighted by Gasteiger charge is 2.39. The normalized spacial score (nSPS) is 16.2. The minimum absolute atomic E-state index is 0.00826. The van der Waals surface area contributed by atoms with Gasteiger partial charge in [-0.2, -0.15) is 9.40 Å². The van der Waals surface area contributed by atoms with Crippen LogP contribution < -0.4 is 5.73 Å². The highest BCUT2D eigenvalue weighted by molar-refractivity contribution is 7.89. The Morgan fingerprint density at radius 2 is 2.26 bits per heavy atom. The van der Waals surface area contributed by atoms with Crippen molar-refractivity contribution in [2.24, 2.45) is 0 Å². The lowest BCUT2D eigenvalue weighted by atomic mass is 10.5. The summed E-state index contributed by atoms with van der Waals surface area (Å²) in [7, 11) is -3.66. The molecule has 1 aliphatic carbocycles. The van der Waals surface area contributed by atoms with Crippen LogP contribution in [0.2, 0.25) is 0 Å². The third-order valence-corrected chi connectivity index (χ3v) is 5.04. The van der Waals surface area contributed by atoms with Crippen LogP contribution in [-0.2, 0) is 16.6 Å². The van der Waals surface area contributed by atoms with Gasteiger partial charge in [0.05, 0.1) is 6.61 Å². The molecule has 0 bridgehead atoms. The van der Waals surface area contributed by atoms with Gasteiger partial charge in [0.15, 0.2) is 5.82 Å². The van der Waals surface area contributed by atoms with E-state index in [0.717, 1.165) is 19.3 Å². The second-order valence-electron chi connectivity index (χ2n) is 4.71. The molecule has 1 aromatic heterocycles. The van der Waals surface area contributed by atoms with Gasteiger partial charge in [0.1, 0.15) is 4.90 Å². The minimum Gasteiger partial charge on any atom is -0.395 e. The van der Waals surface area contributed by atoms with E-state index >= 15 is 0 Å². The lowest BCUT2D eigenvalue weighted by Crippen LogP contribution is -2.35. The van der Waals surface area contributed by atoms with Crippen molar-refractivity contribution in [2.45, 2.75) is 43.7 Å². The zero-order chi connectivity index (χ0) is 14.0. The maximum absolute atomic E-state index is 12.5. The van der Waals surface area contributed by atoms with Crippen LogP contribution >= 0.6 is 0 Å². The Bertz CT molecular complexity index is 536. The van der Waals surface area contributed by atoms with Crippen LogP contribution in [0.4, 0.5) is 5.82 Å². The summed E-state index contributed by atoms with van der Waals surface area (Å²) in [6.07, 6.45) is 4.00. The first kappa shape index (κ1) is 14.3. The van der Waals surface area contributed by atoms with Crippen molar-refractivity contribution in [1.29, 1.82) is 0 Å². The molecule has 1 fully saturated rings. The average molecular weight is 288 g/mol. The van der Waals surface area contributed by atoms with Crippen molar-refractivity contribution in [3.63, 3.8) is 0 Å². The molecule has 2 rings (SSSR count). The van der Waals surface area contributed by atoms with Gasteiger partial charge in [-0.25, -0.2) is 8.42 Å². The van der Waals surface area contributed by atoms with Gasteiger partial charge in [-0.3, -0.25) is 4.68 Å². The second kappa shape index (κ2) is 5.48. The number of anilines is 1. The summed E-state index contributed by atoms with van der Waals surface area (Å²) in [4.78, 5) is 0.0429. The van der Waals surface area contributed by atoms with Crippen LogP contribution in [-0.4, -0.2) is 46.8 Å². The first-order valence-corrected chi connectivity index (χ1v) is 7.90. The van der Waals surface area contributed by atoms with E-state index in [1.54, 1.807) is 4.68 Å². The summed E-state index contributed by atoms with van der Waals surface area (Å²) < 4.78 is 27.9. The first-order valence-electron chi connectivity index (χ1n) is 6.46. The largest absolute Gasteiger partial charge is 0.395 e. The summed E-state index contributed by atoms with van der Waals surface area (Å²) in [6, 6.07) is -0.00826. The Hall–Kier alpha value is -1.12. The van der Waals surface area contributed by atoms with Gasteiger partial charge in [-0.1, -0.05) is 6.92 Å². The van der Waals surface area contributed by atoms with E-state index in [9.17, 15) is 8.42 Å². The van der Waals surface area contributed by atoms with Crippen LogP contribution in [0.3, 0.4) is 0 Å². The quantitative estimate of drug-likeness (QED) is 0.736. The van der Waals surface area contributed by atoms with Crippen LogP contribution in [0.15, 0.2) is 11.1 Å². The molecule has 3 N–H and O–H groups in total. The molecular weight excluding hydrogens is 268 g/mol. The Labute approximate surface area is 113 Å². The number of hydrogen-bond donors (Lipinski definition) is 2. The fourth-order valence-corrected chi connectivity index (χ4v) is 3.78. The predicted octanol–water partition coefficient (Wildman–Crippen LogP) is 0.0207. The van der Waals surface area contributed by atoms with Gasteiger partial charge in [-0.15, -0.1) is 0 Å². The molecule has 7 nitrogen and oxygen atoms in total. The van der Waals surface area contributed by atoms with Gasteiger partial charge >= 0.3 is 0 Å². The summed E-state index contributed by atoms with van der Waals surface area (Å²) in [5.74, 6) is 0.0250. The third kappa shape index (κ3) is 2.90. The zero-order valence-electron chi connectivity index (χ0n) is 11.0. The molecule has 0 saturated heterocycles. The molecule has 0 aliphatic heterocycles. The molecule has 19 heavy (non-hydrogen) atoms. The Morgan fingerprint density at radius 3 is 2.79 bits per heavy atom. The number of aliphatic hydroxyl groups is 1. The molecule has 0 radical (unpaired) electrons. The summed E-state index contributed by atoms with van der Waals surface area (Å²) >= 11 is 0. The number of aryl methyl sites for hydroxylation is 1. The van der Waals surface area contributed by atoms with Crippen molar-refractivity contribution in [3.05, 3.63) is 6.20 Å². The van der Waals surface area contributed by atoms with Crippen LogP contribution in [0.5, 0.6) is 0 Å². The number of rotatable bonds is 7. The number of sulfonamides is 1. The van der Waals surface area contributed by atoms with Gasteiger partial charge < -0.3 is 10.8 Å². The molecule has 0 spiro atoms. The summed E-state index contributed by atoms with van der Waals surface area (Å²) in [5.41, 5.74) is 5.71. The van der Waals surface area contributed by atoms with Gasteiger partial charge in [-0.05, 0) is 19.3 Å². The number of aromatic nitrogens is 2. The van der Waals surface area contributed by atoms with Crippen LogP contribution in [0, 0.1) is 0 Å². The molecule has 8 heteroatoms. The fraction of sp³-hybridized carbons (Fsp3) is 0.727. The highest BCUT2D eigenvalue weighted by Crippen LogP contribution is 2.33. The van der Waals surface area contributed by atoms with E-state index in [-0.39, 0.29) is 29.9 Å². The lowest BCUT2D eigenvalue weighted by molar-refractivity contribution is 0.250. The molecule has 0 unspecified atom stereocenters. The fourth-order valence-electron chi connectivity index (χ4n) is 2.05. The molecule has 1 aromatic rings. The van der Waals surface area contributed by atoms with Gasteiger partial charge in [0.2, 0.25) is 10.0 Å². The number of nitrogens with two attached hydrogens (primary N) is 1. The smallest absolute Gasteiger partial charge is 0.248 e. The Balaban J connectivity index is 2.31. The van der Waals surface area contributed by atoms with Crippen molar-refractivity contribution in [3.8, 4) is 0 Å². The van der Waals surface area contributed by atoms with Crippen molar-refractivity contribution < 1.29 is 13.5 Å². The van der Waals surface area contributed by atoms with E-state index in [2.05, 4.69) is 5.10 Å². The van der Waals surface area contributed by atoms with Crippen molar-refractivity contribution in [2.75, 3.05) is 18.9 Å². The topological polar surface area (TPSA) is 101 Å². The summed E-state index contributed by atoms with van der Waals surface area (Å²) in [5, 5.41) is 13.0. The van der Waals surface area contributed by atoms with Crippen molar-refractivity contribution in [1.82, 2.24) is 14.1 Å². The molecule has 1 aliphatic rings. The standard InChI is InChI=1S/C11H20N4O3S/c1-2-5-14-8-10(11(12)13-14)19(17,18)15(6-7-16)9-3-4-9/h8-9,16H,2-7H2,1H3,(H2,12,13). The number of nitrogens with zero attached hydrogens (tertiary/aromatic N) is 3. The number of nitrogen functional groups attached to an aromatic ring is 1. The van der Waals surface area contributed by atoms with Crippen LogP contribution in [0.25, 0.3) is 0 Å². The molecule has 0 aromatic carbocycles. The third-order valence-electron chi connectivity index (χ3n) is 3.07. The van der Waals surface area contributed by atoms with Crippen LogP contribution in [0.1, 0.15) is 26.2 Å². The molecule has 0 atom stereocenters. The minimum atomic E-state index is -3.66. The second-order valence-corrected chi connectivity index (χ2v) is 6.57. The monoisotopic (exact) mass is 288 g/mol. The van der Waals surface area contributed by atoms with Gasteiger partial charge in [0.25, 0.3) is 0 Å². The lowest BCUT2D eigenvalue weighted by Gasteiger charge is -2.19. The zero-order valence-corrected chi connectivity index (χ0v) is 11.8. The highest BCUT2D eigenvalue weighted by atomic mass is 32.2. The first-order chi connectivity index (χ1) is 9.00. The molecule has 1 heterocycles.